The summed E-state index contributed by atoms with van der Waals surface area (Å²) in [6, 6.07) is 10.3. The summed E-state index contributed by atoms with van der Waals surface area (Å²) < 4.78 is 57.6. The zero-order valence-electron chi connectivity index (χ0n) is 13.4. The molecule has 0 aliphatic rings. The van der Waals surface area contributed by atoms with Crippen molar-refractivity contribution < 1.29 is 31.8 Å². The molecule has 0 spiro atoms. The third-order valence-corrected chi connectivity index (χ3v) is 3.09. The van der Waals surface area contributed by atoms with Crippen molar-refractivity contribution in [3.63, 3.8) is 0 Å². The summed E-state index contributed by atoms with van der Waals surface area (Å²) in [4.78, 5) is 11.9. The van der Waals surface area contributed by atoms with Crippen LogP contribution in [-0.2, 0) is 4.79 Å². The number of hydrogen-bond donors (Lipinski definition) is 1. The molecule has 0 aliphatic carbocycles. The number of amides is 1. The molecule has 1 amide bonds. The van der Waals surface area contributed by atoms with E-state index >= 15 is 0 Å². The first-order valence-electron chi connectivity index (χ1n) is 7.27. The van der Waals surface area contributed by atoms with E-state index in [9.17, 15) is 22.4 Å². The number of rotatable bonds is 5. The molecule has 2 aromatic carbocycles. The van der Waals surface area contributed by atoms with Gasteiger partial charge in [0.1, 0.15) is 0 Å². The molecule has 0 bridgehead atoms. The number of anilines is 1. The highest BCUT2D eigenvalue weighted by Gasteiger charge is 2.15. The van der Waals surface area contributed by atoms with E-state index in [4.69, 9.17) is 0 Å². The summed E-state index contributed by atoms with van der Waals surface area (Å²) in [5.74, 6) is 2.94. The molecular weight excluding hydrogens is 354 g/mol. The number of aryl methyl sites for hydroxylation is 1. The highest BCUT2D eigenvalue weighted by molar-refractivity contribution is 6.04. The molecule has 1 N–H and O–H groups in total. The molecule has 0 radical (unpaired) electrons. The Morgan fingerprint density at radius 2 is 1.65 bits per heavy atom. The van der Waals surface area contributed by atoms with Crippen LogP contribution in [0.2, 0.25) is 0 Å². The van der Waals surface area contributed by atoms with Crippen molar-refractivity contribution in [1.29, 1.82) is 0 Å². The first kappa shape index (κ1) is 19.1. The van der Waals surface area contributed by atoms with Crippen molar-refractivity contribution in [2.24, 2.45) is 0 Å². The molecule has 0 aromatic heterocycles. The van der Waals surface area contributed by atoms with Crippen LogP contribution in [0.1, 0.15) is 11.1 Å². The molecule has 0 saturated heterocycles. The number of carbonyl (C=O) groups is 1. The van der Waals surface area contributed by atoms with Crippen molar-refractivity contribution in [2.75, 3.05) is 5.32 Å². The number of alkyl halides is 4. The highest BCUT2D eigenvalue weighted by Crippen LogP contribution is 2.30. The Balaban J connectivity index is 2.17. The minimum atomic E-state index is -3.23. The van der Waals surface area contributed by atoms with Gasteiger partial charge in [0.2, 0.25) is 0 Å². The fourth-order valence-electron chi connectivity index (χ4n) is 1.96. The van der Waals surface area contributed by atoms with Gasteiger partial charge in [-0.15, -0.1) is 0 Å². The second-order valence-corrected chi connectivity index (χ2v) is 4.94. The lowest BCUT2D eigenvalue weighted by Gasteiger charge is -2.11. The monoisotopic (exact) mass is 367 g/mol. The Bertz CT molecular complexity index is 844. The lowest BCUT2D eigenvalue weighted by atomic mass is 10.2. The Morgan fingerprint density at radius 3 is 2.31 bits per heavy atom. The quantitative estimate of drug-likeness (QED) is 0.637. The van der Waals surface area contributed by atoms with Crippen LogP contribution in [-0.4, -0.2) is 19.1 Å². The SMILES string of the molecule is Cc1ccccc1NC(=O)C#Cc1ccc(OC(F)F)c(OC(F)F)c1. The number of nitrogens with one attached hydrogen (secondary N) is 1. The van der Waals surface area contributed by atoms with E-state index in [1.165, 1.54) is 6.07 Å². The predicted molar refractivity (Wildman–Crippen MR) is 86.4 cm³/mol. The first-order valence-corrected chi connectivity index (χ1v) is 7.27. The van der Waals surface area contributed by atoms with Crippen molar-refractivity contribution in [1.82, 2.24) is 0 Å². The van der Waals surface area contributed by atoms with E-state index in [0.717, 1.165) is 17.7 Å². The number of benzene rings is 2. The van der Waals surface area contributed by atoms with Gasteiger partial charge >= 0.3 is 19.1 Å². The van der Waals surface area contributed by atoms with Crippen molar-refractivity contribution in [3.8, 4) is 23.3 Å². The Morgan fingerprint density at radius 1 is 1.00 bits per heavy atom. The number of hydrogen-bond acceptors (Lipinski definition) is 3. The topological polar surface area (TPSA) is 47.6 Å². The smallest absolute Gasteiger partial charge is 0.387 e. The van der Waals surface area contributed by atoms with E-state index in [2.05, 4.69) is 26.6 Å². The third-order valence-electron chi connectivity index (χ3n) is 3.09. The van der Waals surface area contributed by atoms with Crippen LogP contribution in [0.15, 0.2) is 42.5 Å². The zero-order valence-corrected chi connectivity index (χ0v) is 13.4. The molecule has 4 nitrogen and oxygen atoms in total. The number of halogens is 4. The molecular formula is C18H13F4NO3. The lowest BCUT2D eigenvalue weighted by molar-refractivity contribution is -0.111. The van der Waals surface area contributed by atoms with Gasteiger partial charge in [-0.25, -0.2) is 0 Å². The normalized spacial score (nSPS) is 10.3. The van der Waals surface area contributed by atoms with E-state index in [0.29, 0.717) is 5.69 Å². The molecule has 2 rings (SSSR count). The van der Waals surface area contributed by atoms with Gasteiger partial charge in [-0.2, -0.15) is 17.6 Å². The summed E-state index contributed by atoms with van der Waals surface area (Å²) in [5, 5.41) is 2.58. The molecule has 0 aliphatic heterocycles. The fourth-order valence-corrected chi connectivity index (χ4v) is 1.96. The van der Waals surface area contributed by atoms with Gasteiger partial charge in [0, 0.05) is 17.2 Å². The number of para-hydroxylation sites is 1. The minimum absolute atomic E-state index is 0.113. The molecule has 2 aromatic rings. The van der Waals surface area contributed by atoms with Crippen LogP contribution in [0.4, 0.5) is 23.2 Å². The minimum Gasteiger partial charge on any atom is -0.431 e. The second-order valence-electron chi connectivity index (χ2n) is 4.94. The van der Waals surface area contributed by atoms with Gasteiger partial charge in [0.05, 0.1) is 0 Å². The molecule has 0 saturated carbocycles. The summed E-state index contributed by atoms with van der Waals surface area (Å²) in [6.45, 7) is -4.63. The average Bonchev–Trinajstić information content (AvgIpc) is 2.56. The Labute approximate surface area is 146 Å². The molecule has 0 heterocycles. The number of ether oxygens (including phenoxy) is 2. The maximum absolute atomic E-state index is 12.4. The van der Waals surface area contributed by atoms with E-state index < -0.39 is 30.6 Å². The van der Waals surface area contributed by atoms with E-state index in [1.807, 2.05) is 6.07 Å². The van der Waals surface area contributed by atoms with Crippen LogP contribution in [0, 0.1) is 18.8 Å². The lowest BCUT2D eigenvalue weighted by Crippen LogP contribution is -2.09. The average molecular weight is 367 g/mol. The molecule has 0 atom stereocenters. The molecule has 136 valence electrons. The van der Waals surface area contributed by atoms with Gasteiger partial charge in [-0.1, -0.05) is 24.1 Å². The second kappa shape index (κ2) is 8.76. The molecule has 26 heavy (non-hydrogen) atoms. The molecule has 8 heteroatoms. The van der Waals surface area contributed by atoms with Gasteiger partial charge in [0.15, 0.2) is 11.5 Å². The standard InChI is InChI=1S/C18H13F4NO3/c1-11-4-2-3-5-13(11)23-16(24)9-7-12-6-8-14(25-17(19)20)15(10-12)26-18(21)22/h2-6,8,10,17-18H,1H3,(H,23,24). The highest BCUT2D eigenvalue weighted by atomic mass is 19.3. The van der Waals surface area contributed by atoms with Gasteiger partial charge in [0.25, 0.3) is 0 Å². The van der Waals surface area contributed by atoms with Gasteiger partial charge in [-0.05, 0) is 36.8 Å². The van der Waals surface area contributed by atoms with Crippen LogP contribution in [0.25, 0.3) is 0 Å². The Hall–Kier alpha value is -3.21. The summed E-state index contributed by atoms with van der Waals surface area (Å²) >= 11 is 0. The van der Waals surface area contributed by atoms with Crippen molar-refractivity contribution >= 4 is 11.6 Å². The van der Waals surface area contributed by atoms with Crippen LogP contribution < -0.4 is 14.8 Å². The summed E-state index contributed by atoms with van der Waals surface area (Å²) in [7, 11) is 0. The maximum atomic E-state index is 12.4. The third kappa shape index (κ3) is 5.70. The fraction of sp³-hybridized carbons (Fsp3) is 0.167. The Kier molecular flexibility index (Phi) is 6.44. The van der Waals surface area contributed by atoms with Crippen LogP contribution >= 0.6 is 0 Å². The summed E-state index contributed by atoms with van der Waals surface area (Å²) in [6.07, 6.45) is 0. The van der Waals surface area contributed by atoms with Gasteiger partial charge < -0.3 is 14.8 Å². The van der Waals surface area contributed by atoms with Crippen LogP contribution in [0.5, 0.6) is 11.5 Å². The first-order chi connectivity index (χ1) is 12.3. The maximum Gasteiger partial charge on any atom is 0.387 e. The predicted octanol–water partition coefficient (Wildman–Crippen LogP) is 4.19. The van der Waals surface area contributed by atoms with E-state index in [-0.39, 0.29) is 5.56 Å². The van der Waals surface area contributed by atoms with Crippen LogP contribution in [0.3, 0.4) is 0 Å². The van der Waals surface area contributed by atoms with Gasteiger partial charge in [-0.3, -0.25) is 4.79 Å². The van der Waals surface area contributed by atoms with Crippen molar-refractivity contribution in [3.05, 3.63) is 53.6 Å². The number of carbonyl (C=O) groups excluding carboxylic acids is 1. The largest absolute Gasteiger partial charge is 0.431 e. The molecule has 0 fully saturated rings. The summed E-state index contributed by atoms with van der Waals surface area (Å²) in [5.41, 5.74) is 1.53. The van der Waals surface area contributed by atoms with Crippen molar-refractivity contribution in [2.45, 2.75) is 20.1 Å². The zero-order chi connectivity index (χ0) is 19.1. The molecule has 0 unspecified atom stereocenters. The van der Waals surface area contributed by atoms with E-state index in [1.54, 1.807) is 25.1 Å².